The highest BCUT2D eigenvalue weighted by Gasteiger charge is 2.57. The van der Waals surface area contributed by atoms with Gasteiger partial charge in [0.15, 0.2) is 0 Å². The largest absolute Gasteiger partial charge is 0.467 e. The molecule has 0 saturated heterocycles. The van der Waals surface area contributed by atoms with Crippen molar-refractivity contribution in [2.45, 2.75) is 37.0 Å². The van der Waals surface area contributed by atoms with E-state index < -0.39 is 35.0 Å². The van der Waals surface area contributed by atoms with Crippen molar-refractivity contribution in [3.63, 3.8) is 0 Å². The summed E-state index contributed by atoms with van der Waals surface area (Å²) in [6.07, 6.45) is -0.161. The number of esters is 4. The van der Waals surface area contributed by atoms with Crippen LogP contribution in [0.5, 0.6) is 0 Å². The van der Waals surface area contributed by atoms with Gasteiger partial charge in [-0.25, -0.2) is 19.2 Å². The summed E-state index contributed by atoms with van der Waals surface area (Å²) < 4.78 is 21.5. The van der Waals surface area contributed by atoms with Crippen LogP contribution >= 0.6 is 0 Å². The number of carbonyl (C=O) groups excluding carboxylic acids is 4. The summed E-state index contributed by atoms with van der Waals surface area (Å²) in [4.78, 5) is 59.5. The third-order valence-corrected chi connectivity index (χ3v) is 9.42. The zero-order valence-electron chi connectivity index (χ0n) is 27.2. The van der Waals surface area contributed by atoms with Gasteiger partial charge in [0.1, 0.15) is 0 Å². The minimum Gasteiger partial charge on any atom is -0.467 e. The van der Waals surface area contributed by atoms with Crippen molar-refractivity contribution in [1.82, 2.24) is 0 Å². The lowest BCUT2D eigenvalue weighted by Crippen LogP contribution is -2.64. The van der Waals surface area contributed by atoms with Gasteiger partial charge in [0.25, 0.3) is 0 Å². The molecule has 0 saturated carbocycles. The van der Waals surface area contributed by atoms with Gasteiger partial charge in [0, 0.05) is 37.3 Å². The van der Waals surface area contributed by atoms with Crippen LogP contribution in [0.1, 0.15) is 22.3 Å². The molecule has 0 spiro atoms. The normalized spacial score (nSPS) is 15.8. The van der Waals surface area contributed by atoms with Gasteiger partial charge >= 0.3 is 23.9 Å². The number of para-hydroxylation sites is 2. The Morgan fingerprint density at radius 3 is 1.08 bits per heavy atom. The van der Waals surface area contributed by atoms with E-state index in [9.17, 15) is 19.2 Å². The van der Waals surface area contributed by atoms with Crippen LogP contribution in [-0.2, 0) is 64.1 Å². The Kier molecular flexibility index (Phi) is 8.66. The topological polar surface area (TPSA) is 112 Å². The predicted molar refractivity (Wildman–Crippen MR) is 178 cm³/mol. The van der Waals surface area contributed by atoms with E-state index in [0.717, 1.165) is 22.3 Å². The van der Waals surface area contributed by atoms with Crippen molar-refractivity contribution in [2.75, 3.05) is 38.2 Å². The van der Waals surface area contributed by atoms with Crippen LogP contribution in [0.3, 0.4) is 0 Å². The molecule has 0 bridgehead atoms. The summed E-state index contributed by atoms with van der Waals surface area (Å²) in [5.74, 6) is -3.05. The second-order valence-corrected chi connectivity index (χ2v) is 11.8. The summed E-state index contributed by atoms with van der Waals surface area (Å²) in [6, 6.07) is 29.6. The minimum absolute atomic E-state index is 0.0807. The fraction of sp³-hybridized carbons (Fsp3) is 0.263. The van der Waals surface area contributed by atoms with Gasteiger partial charge in [-0.15, -0.1) is 0 Å². The van der Waals surface area contributed by atoms with Crippen molar-refractivity contribution >= 4 is 35.3 Å². The van der Waals surface area contributed by atoms with Crippen LogP contribution in [0, 0.1) is 0 Å². The number of anilines is 2. The standard InChI is InChI=1S/C38H36N2O8/c1-45-33(41)37(34(42)46-2)21-25-13-11-16-28-24-40(30-19-9-6-10-20-30)38(35(43)47-3,36(44)48-4)22-26-14-12-15-27(32(26)31(25)28)23-39(37)29-17-7-5-8-18-29/h5-20H,21-24H2,1-4H3. The number of ether oxygens (including phenoxy) is 4. The highest BCUT2D eigenvalue weighted by Crippen LogP contribution is 2.46. The second-order valence-electron chi connectivity index (χ2n) is 11.8. The van der Waals surface area contributed by atoms with Gasteiger partial charge in [-0.3, -0.25) is 0 Å². The van der Waals surface area contributed by atoms with E-state index in [2.05, 4.69) is 0 Å². The summed E-state index contributed by atoms with van der Waals surface area (Å²) in [7, 11) is 5.03. The van der Waals surface area contributed by atoms with Gasteiger partial charge in [-0.2, -0.15) is 0 Å². The number of hydrogen-bond acceptors (Lipinski definition) is 10. The van der Waals surface area contributed by atoms with Gasteiger partial charge in [-0.1, -0.05) is 72.8 Å². The summed E-state index contributed by atoms with van der Waals surface area (Å²) in [6.45, 7) is 0.189. The van der Waals surface area contributed by atoms with Crippen molar-refractivity contribution < 1.29 is 38.1 Å². The highest BCUT2D eigenvalue weighted by atomic mass is 16.6. The third kappa shape index (κ3) is 4.95. The van der Waals surface area contributed by atoms with Crippen molar-refractivity contribution in [3.05, 3.63) is 119 Å². The quantitative estimate of drug-likeness (QED) is 0.166. The molecule has 0 atom stereocenters. The van der Waals surface area contributed by atoms with Gasteiger partial charge in [0.05, 0.1) is 28.4 Å². The lowest BCUT2D eigenvalue weighted by atomic mass is 9.75. The van der Waals surface area contributed by atoms with Crippen molar-refractivity contribution in [1.29, 1.82) is 0 Å². The molecule has 0 amide bonds. The van der Waals surface area contributed by atoms with E-state index in [1.165, 1.54) is 28.4 Å². The first-order chi connectivity index (χ1) is 23.3. The average molecular weight is 649 g/mol. The molecular formula is C38H36N2O8. The van der Waals surface area contributed by atoms with Crippen LogP contribution in [0.25, 0.3) is 11.1 Å². The molecule has 2 aliphatic heterocycles. The zero-order chi connectivity index (χ0) is 34.1. The molecule has 2 aliphatic rings. The van der Waals surface area contributed by atoms with Gasteiger partial charge < -0.3 is 28.7 Å². The molecule has 6 rings (SSSR count). The van der Waals surface area contributed by atoms with Crippen LogP contribution in [0.15, 0.2) is 97.1 Å². The number of rotatable bonds is 6. The van der Waals surface area contributed by atoms with E-state index in [-0.39, 0.29) is 25.9 Å². The summed E-state index contributed by atoms with van der Waals surface area (Å²) in [5, 5.41) is 0. The Balaban J connectivity index is 1.71. The molecule has 0 unspecified atom stereocenters. The summed E-state index contributed by atoms with van der Waals surface area (Å²) in [5.41, 5.74) is 1.93. The molecule has 2 heterocycles. The van der Waals surface area contributed by atoms with E-state index in [4.69, 9.17) is 18.9 Å². The molecular weight excluding hydrogens is 612 g/mol. The Morgan fingerprint density at radius 2 is 0.771 bits per heavy atom. The minimum atomic E-state index is -1.89. The molecule has 246 valence electrons. The molecule has 4 aromatic rings. The Hall–Kier alpha value is -5.64. The Morgan fingerprint density at radius 1 is 0.458 bits per heavy atom. The van der Waals surface area contributed by atoms with E-state index >= 15 is 0 Å². The monoisotopic (exact) mass is 648 g/mol. The lowest BCUT2D eigenvalue weighted by molar-refractivity contribution is -0.163. The second kappa shape index (κ2) is 12.9. The van der Waals surface area contributed by atoms with Crippen LogP contribution in [0.4, 0.5) is 11.4 Å². The summed E-state index contributed by atoms with van der Waals surface area (Å²) >= 11 is 0. The molecule has 48 heavy (non-hydrogen) atoms. The maximum atomic E-state index is 14.0. The SMILES string of the molecule is COC(=O)C1(C(=O)OC)Cc2cccc3c2-c2c(cccc2CC(C(=O)OC)(C(=O)OC)N(c2ccccc2)C3)CN1c1ccccc1. The zero-order valence-corrected chi connectivity index (χ0v) is 27.2. The third-order valence-electron chi connectivity index (χ3n) is 9.42. The predicted octanol–water partition coefficient (Wildman–Crippen LogP) is 4.65. The Bertz CT molecular complexity index is 1710. The number of benzene rings is 4. The van der Waals surface area contributed by atoms with Gasteiger partial charge in [-0.05, 0) is 57.6 Å². The molecule has 0 fully saturated rings. The van der Waals surface area contributed by atoms with E-state index in [1.807, 2.05) is 97.1 Å². The fourth-order valence-electron chi connectivity index (χ4n) is 7.27. The maximum absolute atomic E-state index is 14.0. The molecule has 0 aromatic heterocycles. The first kappa shape index (κ1) is 32.3. The first-order valence-corrected chi connectivity index (χ1v) is 15.5. The first-order valence-electron chi connectivity index (χ1n) is 15.5. The molecule has 10 heteroatoms. The Labute approximate surface area is 278 Å². The highest BCUT2D eigenvalue weighted by molar-refractivity contribution is 6.10. The van der Waals surface area contributed by atoms with Crippen LogP contribution in [-0.4, -0.2) is 63.4 Å². The van der Waals surface area contributed by atoms with Crippen molar-refractivity contribution in [3.8, 4) is 11.1 Å². The number of nitrogens with zero attached hydrogens (tertiary/aromatic N) is 2. The molecule has 4 aromatic carbocycles. The average Bonchev–Trinajstić information content (AvgIpc) is 3.12. The van der Waals surface area contributed by atoms with Crippen molar-refractivity contribution in [2.24, 2.45) is 0 Å². The van der Waals surface area contributed by atoms with E-state index in [1.54, 1.807) is 9.80 Å². The van der Waals surface area contributed by atoms with Gasteiger partial charge in [0.2, 0.25) is 11.1 Å². The maximum Gasteiger partial charge on any atom is 0.343 e. The van der Waals surface area contributed by atoms with Crippen LogP contribution in [0.2, 0.25) is 0 Å². The lowest BCUT2D eigenvalue weighted by Gasteiger charge is -2.45. The number of hydrogen-bond donors (Lipinski definition) is 0. The molecule has 0 radical (unpaired) electrons. The molecule has 0 aliphatic carbocycles. The fourth-order valence-corrected chi connectivity index (χ4v) is 7.27. The van der Waals surface area contributed by atoms with Crippen LogP contribution < -0.4 is 9.80 Å². The molecule has 10 nitrogen and oxygen atoms in total. The smallest absolute Gasteiger partial charge is 0.343 e. The molecule has 0 N–H and O–H groups in total. The number of methoxy groups -OCH3 is 4. The van der Waals surface area contributed by atoms with E-state index in [0.29, 0.717) is 22.5 Å². The number of carbonyl (C=O) groups is 4.